The summed E-state index contributed by atoms with van der Waals surface area (Å²) in [5, 5.41) is 30.9. The lowest BCUT2D eigenvalue weighted by Gasteiger charge is -2.44. The van der Waals surface area contributed by atoms with Crippen LogP contribution in [0.3, 0.4) is 0 Å². The Morgan fingerprint density at radius 2 is 1.88 bits per heavy atom. The van der Waals surface area contributed by atoms with E-state index in [1.165, 1.54) is 0 Å². The number of nitrogens with one attached hydrogen (secondary N) is 1. The Morgan fingerprint density at radius 1 is 1.23 bits per heavy atom. The summed E-state index contributed by atoms with van der Waals surface area (Å²) < 4.78 is 35.0. The van der Waals surface area contributed by atoms with E-state index in [1.807, 2.05) is 33.8 Å². The molecular formula is C17H30FNO5S2. The van der Waals surface area contributed by atoms with Crippen molar-refractivity contribution in [3.05, 3.63) is 12.2 Å². The van der Waals surface area contributed by atoms with Gasteiger partial charge in [0, 0.05) is 5.75 Å². The molecule has 4 N–H and O–H groups in total. The van der Waals surface area contributed by atoms with Crippen LogP contribution in [-0.4, -0.2) is 72.1 Å². The van der Waals surface area contributed by atoms with Crippen molar-refractivity contribution in [1.29, 1.82) is 0 Å². The SMILES string of the molecule is C[C@@H]1/C=C\C[C@@H](F)CS[C@H]2O[C@@H]([C@H](O)[C@H](O)[C@H]2O)[C@@H]1NS(=O)C(C)(C)C. The van der Waals surface area contributed by atoms with Crippen LogP contribution in [0.5, 0.6) is 0 Å². The van der Waals surface area contributed by atoms with Gasteiger partial charge >= 0.3 is 0 Å². The topological polar surface area (TPSA) is 99.0 Å². The van der Waals surface area contributed by atoms with Crippen molar-refractivity contribution in [2.24, 2.45) is 5.92 Å². The van der Waals surface area contributed by atoms with E-state index in [-0.39, 0.29) is 18.1 Å². The zero-order valence-corrected chi connectivity index (χ0v) is 17.2. The van der Waals surface area contributed by atoms with E-state index in [1.54, 1.807) is 6.08 Å². The highest BCUT2D eigenvalue weighted by Gasteiger charge is 2.48. The predicted molar refractivity (Wildman–Crippen MR) is 102 cm³/mol. The molecule has 152 valence electrons. The van der Waals surface area contributed by atoms with Gasteiger partial charge in [0.05, 0.1) is 21.8 Å². The van der Waals surface area contributed by atoms with E-state index < -0.39 is 57.8 Å². The maximum atomic E-state index is 14.0. The fourth-order valence-electron chi connectivity index (χ4n) is 2.91. The molecule has 0 aliphatic carbocycles. The molecule has 1 saturated heterocycles. The number of hydrogen-bond acceptors (Lipinski definition) is 6. The van der Waals surface area contributed by atoms with Gasteiger partial charge < -0.3 is 20.1 Å². The Hall–Kier alpha value is -0.0300. The van der Waals surface area contributed by atoms with Gasteiger partial charge in [-0.15, -0.1) is 11.8 Å². The molecular weight excluding hydrogens is 381 g/mol. The molecule has 2 heterocycles. The molecule has 2 aliphatic rings. The molecule has 0 amide bonds. The van der Waals surface area contributed by atoms with Crippen LogP contribution in [0.2, 0.25) is 0 Å². The lowest BCUT2D eigenvalue weighted by Crippen LogP contribution is -2.64. The second kappa shape index (κ2) is 8.98. The molecule has 6 nitrogen and oxygen atoms in total. The first-order valence-electron chi connectivity index (χ1n) is 8.82. The molecule has 2 rings (SSSR count). The molecule has 0 spiro atoms. The third-order valence-electron chi connectivity index (χ3n) is 4.60. The van der Waals surface area contributed by atoms with E-state index in [4.69, 9.17) is 4.74 Å². The second-order valence-corrected chi connectivity index (χ2v) is 11.0. The fraction of sp³-hybridized carbons (Fsp3) is 0.882. The number of allylic oxidation sites excluding steroid dienone is 1. The summed E-state index contributed by atoms with van der Waals surface area (Å²) in [6.45, 7) is 7.33. The van der Waals surface area contributed by atoms with Gasteiger partial charge in [0.2, 0.25) is 0 Å². The van der Waals surface area contributed by atoms with E-state index in [9.17, 15) is 23.9 Å². The number of halogens is 1. The number of aliphatic hydroxyl groups excluding tert-OH is 3. The average Bonchev–Trinajstić information content (AvgIpc) is 2.57. The summed E-state index contributed by atoms with van der Waals surface area (Å²) in [6.07, 6.45) is -2.32. The number of fused-ring (bicyclic) bond motifs is 2. The summed E-state index contributed by atoms with van der Waals surface area (Å²) in [5.74, 6) is -0.124. The van der Waals surface area contributed by atoms with Gasteiger partial charge in [-0.1, -0.05) is 19.1 Å². The Balaban J connectivity index is 2.34. The van der Waals surface area contributed by atoms with E-state index in [0.29, 0.717) is 0 Å². The van der Waals surface area contributed by atoms with Crippen LogP contribution in [0.1, 0.15) is 34.1 Å². The van der Waals surface area contributed by atoms with Crippen molar-refractivity contribution in [2.75, 3.05) is 5.75 Å². The van der Waals surface area contributed by atoms with Crippen LogP contribution in [0.15, 0.2) is 12.2 Å². The Morgan fingerprint density at radius 3 is 2.50 bits per heavy atom. The second-order valence-electron chi connectivity index (χ2n) is 7.92. The maximum absolute atomic E-state index is 14.0. The Bertz CT molecular complexity index is 530. The number of alkyl halides is 1. The zero-order chi connectivity index (χ0) is 19.6. The first-order valence-corrected chi connectivity index (χ1v) is 11.0. The molecule has 0 saturated carbocycles. The first kappa shape index (κ1) is 22.3. The summed E-state index contributed by atoms with van der Waals surface area (Å²) in [7, 11) is -1.43. The van der Waals surface area contributed by atoms with Crippen molar-refractivity contribution in [2.45, 2.75) is 80.9 Å². The highest BCUT2D eigenvalue weighted by Crippen LogP contribution is 2.33. The molecule has 1 unspecified atom stereocenters. The molecule has 2 bridgehead atoms. The van der Waals surface area contributed by atoms with Crippen molar-refractivity contribution in [3.63, 3.8) is 0 Å². The van der Waals surface area contributed by atoms with Crippen molar-refractivity contribution in [1.82, 2.24) is 4.72 Å². The third kappa shape index (κ3) is 5.27. The molecule has 0 aromatic carbocycles. The van der Waals surface area contributed by atoms with Gasteiger partial charge in [0.15, 0.2) is 0 Å². The van der Waals surface area contributed by atoms with Crippen LogP contribution in [0, 0.1) is 5.92 Å². The number of hydrogen-bond donors (Lipinski definition) is 4. The van der Waals surface area contributed by atoms with Crippen molar-refractivity contribution < 1.29 is 28.7 Å². The number of ether oxygens (including phenoxy) is 1. The van der Waals surface area contributed by atoms with E-state index in [2.05, 4.69) is 4.72 Å². The normalized spacial score (nSPS) is 44.8. The number of thioether (sulfide) groups is 1. The Kier molecular flexibility index (Phi) is 7.69. The molecule has 9 atom stereocenters. The van der Waals surface area contributed by atoms with Gasteiger partial charge in [-0.25, -0.2) is 13.3 Å². The minimum absolute atomic E-state index is 0.113. The van der Waals surface area contributed by atoms with Gasteiger partial charge in [-0.3, -0.25) is 0 Å². The standard InChI is InChI=1S/C17H30FNO5S2/c1-9-6-5-7-10(18)8-25-16-14(22)12(20)13(21)15(24-16)11(9)19-26(23)17(2,3)4/h5-6,9-16,19-22H,7-8H2,1-4H3/b6-5-/t9-,10-,11-,12+,13-,14-,15-,16-,26?/m1/s1. The highest BCUT2D eigenvalue weighted by atomic mass is 32.2. The van der Waals surface area contributed by atoms with Crippen LogP contribution >= 0.6 is 11.8 Å². The summed E-state index contributed by atoms with van der Waals surface area (Å²) in [6, 6.07) is -0.581. The minimum atomic E-state index is -1.43. The summed E-state index contributed by atoms with van der Waals surface area (Å²) in [5.41, 5.74) is -0.866. The van der Waals surface area contributed by atoms with Gasteiger partial charge in [0.1, 0.15) is 36.0 Å². The molecule has 1 fully saturated rings. The molecule has 9 heteroatoms. The maximum Gasteiger partial charge on any atom is 0.132 e. The third-order valence-corrected chi connectivity index (χ3v) is 7.47. The molecule has 0 radical (unpaired) electrons. The van der Waals surface area contributed by atoms with E-state index >= 15 is 0 Å². The minimum Gasteiger partial charge on any atom is -0.388 e. The zero-order valence-electron chi connectivity index (χ0n) is 15.5. The fourth-order valence-corrected chi connectivity index (χ4v) is 4.96. The number of rotatable bonds is 2. The van der Waals surface area contributed by atoms with Crippen LogP contribution in [-0.2, 0) is 15.7 Å². The quantitative estimate of drug-likeness (QED) is 0.504. The van der Waals surface area contributed by atoms with Crippen LogP contribution in [0.4, 0.5) is 4.39 Å². The average molecular weight is 412 g/mol. The smallest absolute Gasteiger partial charge is 0.132 e. The molecule has 0 aromatic heterocycles. The Labute approximate surface area is 161 Å². The lowest BCUT2D eigenvalue weighted by atomic mass is 9.88. The number of aliphatic hydroxyl groups is 3. The molecule has 26 heavy (non-hydrogen) atoms. The van der Waals surface area contributed by atoms with Gasteiger partial charge in [-0.05, 0) is 33.1 Å². The van der Waals surface area contributed by atoms with Crippen LogP contribution in [0.25, 0.3) is 0 Å². The first-order chi connectivity index (χ1) is 12.0. The predicted octanol–water partition coefficient (Wildman–Crippen LogP) is 0.882. The van der Waals surface area contributed by atoms with Crippen molar-refractivity contribution in [3.8, 4) is 0 Å². The highest BCUT2D eigenvalue weighted by molar-refractivity contribution is 7.99. The monoisotopic (exact) mass is 411 g/mol. The van der Waals surface area contributed by atoms with Gasteiger partial charge in [-0.2, -0.15) is 0 Å². The van der Waals surface area contributed by atoms with E-state index in [0.717, 1.165) is 11.8 Å². The van der Waals surface area contributed by atoms with Gasteiger partial charge in [0.25, 0.3) is 0 Å². The molecule has 2 aliphatic heterocycles. The lowest BCUT2D eigenvalue weighted by molar-refractivity contribution is -0.205. The van der Waals surface area contributed by atoms with Crippen LogP contribution < -0.4 is 4.72 Å². The largest absolute Gasteiger partial charge is 0.388 e. The molecule has 0 aromatic rings. The van der Waals surface area contributed by atoms with Crippen molar-refractivity contribution >= 4 is 22.7 Å². The summed E-state index contributed by atoms with van der Waals surface area (Å²) >= 11 is 1.08. The summed E-state index contributed by atoms with van der Waals surface area (Å²) in [4.78, 5) is 0.